The number of pyridine rings is 1. The highest BCUT2D eigenvalue weighted by molar-refractivity contribution is 7.21. The largest absolute Gasteiger partial charge is 0.496 e. The predicted molar refractivity (Wildman–Crippen MR) is 178 cm³/mol. The molecule has 11 heteroatoms. The Kier molecular flexibility index (Phi) is 9.89. The number of hydrogen-bond donors (Lipinski definition) is 1. The average molecular weight is 670 g/mol. The standard InChI is InChI=1S/C35H38ClF2N3O4S/c1-20-6-7-22(17-39-20)21-8-15-28(45-5)23(16-21)18-40(24-9-11-25(12-10-24)41(34(43)44)19-35(2,3)4)33(42)32-30(36)29-26(37)13-14-27(38)31(29)46-32/h6-8,13-17,24-25H,9-12,18-19H2,1-5H3,(H,43,44). The molecule has 2 aromatic carbocycles. The number of hydrogen-bond acceptors (Lipinski definition) is 5. The van der Waals surface area contributed by atoms with E-state index >= 15 is 0 Å². The van der Waals surface area contributed by atoms with E-state index in [2.05, 4.69) is 4.98 Å². The number of fused-ring (bicyclic) bond motifs is 1. The van der Waals surface area contributed by atoms with Crippen molar-refractivity contribution in [2.24, 2.45) is 5.41 Å². The minimum absolute atomic E-state index is 0.0114. The van der Waals surface area contributed by atoms with Gasteiger partial charge in [-0.15, -0.1) is 11.3 Å². The molecule has 0 radical (unpaired) electrons. The van der Waals surface area contributed by atoms with Crippen molar-refractivity contribution in [1.82, 2.24) is 14.8 Å². The van der Waals surface area contributed by atoms with Crippen LogP contribution in [-0.4, -0.2) is 57.6 Å². The SMILES string of the molecule is COc1ccc(-c2ccc(C)nc2)cc1CN(C(=O)c1sc2c(F)ccc(F)c2c1Cl)C1CCC(N(CC(C)(C)C)C(=O)O)CC1. The molecule has 7 nitrogen and oxygen atoms in total. The van der Waals surface area contributed by atoms with Crippen molar-refractivity contribution in [2.75, 3.05) is 13.7 Å². The lowest BCUT2D eigenvalue weighted by atomic mass is 9.87. The molecule has 2 heterocycles. The van der Waals surface area contributed by atoms with Crippen LogP contribution in [0.15, 0.2) is 48.7 Å². The van der Waals surface area contributed by atoms with Gasteiger partial charge in [0.05, 0.1) is 22.2 Å². The summed E-state index contributed by atoms with van der Waals surface area (Å²) in [6.07, 6.45) is 3.04. The molecule has 244 valence electrons. The second-order valence-corrected chi connectivity index (χ2v) is 14.5. The van der Waals surface area contributed by atoms with Gasteiger partial charge in [0.15, 0.2) is 0 Å². The molecule has 2 aromatic heterocycles. The minimum atomic E-state index is -0.959. The Labute approximate surface area is 276 Å². The number of carbonyl (C=O) groups is 2. The predicted octanol–water partition coefficient (Wildman–Crippen LogP) is 9.19. The number of amides is 2. The Morgan fingerprint density at radius 3 is 2.20 bits per heavy atom. The van der Waals surface area contributed by atoms with E-state index in [1.165, 1.54) is 4.90 Å². The second kappa shape index (κ2) is 13.5. The van der Waals surface area contributed by atoms with Crippen molar-refractivity contribution in [3.8, 4) is 16.9 Å². The lowest BCUT2D eigenvalue weighted by Crippen LogP contribution is -2.49. The summed E-state index contributed by atoms with van der Waals surface area (Å²) in [6.45, 7) is 8.46. The summed E-state index contributed by atoms with van der Waals surface area (Å²) in [5, 5.41) is 9.78. The van der Waals surface area contributed by atoms with Crippen LogP contribution in [0.5, 0.6) is 5.75 Å². The zero-order valence-electron chi connectivity index (χ0n) is 26.6. The van der Waals surface area contributed by atoms with E-state index in [9.17, 15) is 23.5 Å². The summed E-state index contributed by atoms with van der Waals surface area (Å²) >= 11 is 7.44. The minimum Gasteiger partial charge on any atom is -0.496 e. The smallest absolute Gasteiger partial charge is 0.407 e. The molecule has 1 fully saturated rings. The highest BCUT2D eigenvalue weighted by atomic mass is 35.5. The average Bonchev–Trinajstić information content (AvgIpc) is 3.38. The van der Waals surface area contributed by atoms with Crippen LogP contribution in [0.25, 0.3) is 21.2 Å². The Morgan fingerprint density at radius 2 is 1.63 bits per heavy atom. The van der Waals surface area contributed by atoms with Gasteiger partial charge in [0.1, 0.15) is 22.3 Å². The van der Waals surface area contributed by atoms with E-state index in [-0.39, 0.29) is 44.0 Å². The molecule has 1 N–H and O–H groups in total. The molecular weight excluding hydrogens is 632 g/mol. The summed E-state index contributed by atoms with van der Waals surface area (Å²) in [5.74, 6) is -1.21. The summed E-state index contributed by atoms with van der Waals surface area (Å²) < 4.78 is 35.2. The van der Waals surface area contributed by atoms with Gasteiger partial charge in [0.2, 0.25) is 0 Å². The lowest BCUT2D eigenvalue weighted by Gasteiger charge is -2.41. The van der Waals surface area contributed by atoms with Crippen LogP contribution >= 0.6 is 22.9 Å². The number of nitrogens with zero attached hydrogens (tertiary/aromatic N) is 3. The van der Waals surface area contributed by atoms with E-state index in [0.29, 0.717) is 38.0 Å². The van der Waals surface area contributed by atoms with E-state index < -0.39 is 23.6 Å². The van der Waals surface area contributed by atoms with E-state index in [1.807, 2.05) is 58.0 Å². The molecule has 0 aliphatic heterocycles. The van der Waals surface area contributed by atoms with Crippen molar-refractivity contribution in [2.45, 2.75) is 72.0 Å². The van der Waals surface area contributed by atoms with Crippen molar-refractivity contribution in [3.63, 3.8) is 0 Å². The van der Waals surface area contributed by atoms with Gasteiger partial charge in [-0.3, -0.25) is 9.78 Å². The number of aromatic nitrogens is 1. The molecule has 0 bridgehead atoms. The number of carbonyl (C=O) groups excluding carboxylic acids is 1. The topological polar surface area (TPSA) is 83.0 Å². The molecule has 2 amide bonds. The quantitative estimate of drug-likeness (QED) is 0.202. The van der Waals surface area contributed by atoms with Crippen molar-refractivity contribution in [1.29, 1.82) is 0 Å². The maximum absolute atomic E-state index is 14.8. The number of carboxylic acid groups (broad SMARTS) is 1. The molecule has 46 heavy (non-hydrogen) atoms. The van der Waals surface area contributed by atoms with Gasteiger partial charge in [-0.2, -0.15) is 0 Å². The monoisotopic (exact) mass is 669 g/mol. The summed E-state index contributed by atoms with van der Waals surface area (Å²) in [5.41, 5.74) is 3.21. The van der Waals surface area contributed by atoms with Gasteiger partial charge >= 0.3 is 6.09 Å². The Balaban J connectivity index is 1.52. The Morgan fingerprint density at radius 1 is 1.00 bits per heavy atom. The first-order valence-electron chi connectivity index (χ1n) is 15.2. The van der Waals surface area contributed by atoms with Crippen molar-refractivity contribution in [3.05, 3.63) is 81.5 Å². The molecule has 0 saturated heterocycles. The Bertz CT molecular complexity index is 1750. The van der Waals surface area contributed by atoms with E-state index in [1.54, 1.807) is 18.2 Å². The van der Waals surface area contributed by atoms with Crippen LogP contribution in [0.3, 0.4) is 0 Å². The molecule has 0 atom stereocenters. The molecule has 0 spiro atoms. The molecule has 1 saturated carbocycles. The molecule has 5 rings (SSSR count). The first-order chi connectivity index (χ1) is 21.8. The van der Waals surface area contributed by atoms with Crippen LogP contribution in [0, 0.1) is 24.0 Å². The van der Waals surface area contributed by atoms with Gasteiger partial charge in [0, 0.05) is 48.2 Å². The highest BCUT2D eigenvalue weighted by Crippen LogP contribution is 2.41. The fourth-order valence-corrected chi connectivity index (χ4v) is 7.69. The third kappa shape index (κ3) is 7.13. The zero-order valence-corrected chi connectivity index (χ0v) is 28.1. The van der Waals surface area contributed by atoms with Crippen LogP contribution in [0.2, 0.25) is 5.02 Å². The normalized spacial score (nSPS) is 16.8. The van der Waals surface area contributed by atoms with Gasteiger partial charge in [-0.1, -0.05) is 44.5 Å². The number of halogens is 3. The van der Waals surface area contributed by atoms with Crippen LogP contribution in [-0.2, 0) is 6.54 Å². The van der Waals surface area contributed by atoms with Gasteiger partial charge < -0.3 is 19.6 Å². The van der Waals surface area contributed by atoms with Gasteiger partial charge in [0.25, 0.3) is 5.91 Å². The summed E-state index contributed by atoms with van der Waals surface area (Å²) in [6, 6.07) is 11.2. The third-order valence-corrected chi connectivity index (χ3v) is 10.1. The molecule has 1 aliphatic carbocycles. The molecular formula is C35H38ClF2N3O4S. The summed E-state index contributed by atoms with van der Waals surface area (Å²) in [7, 11) is 1.56. The first-order valence-corrected chi connectivity index (χ1v) is 16.4. The summed E-state index contributed by atoms with van der Waals surface area (Å²) in [4.78, 5) is 34.3. The Hall–Kier alpha value is -3.76. The number of benzene rings is 2. The number of ether oxygens (including phenoxy) is 1. The van der Waals surface area contributed by atoms with Gasteiger partial charge in [-0.25, -0.2) is 13.6 Å². The third-order valence-electron chi connectivity index (χ3n) is 8.44. The van der Waals surface area contributed by atoms with Crippen LogP contribution < -0.4 is 4.74 Å². The van der Waals surface area contributed by atoms with Crippen molar-refractivity contribution < 1.29 is 28.2 Å². The van der Waals surface area contributed by atoms with E-state index in [4.69, 9.17) is 16.3 Å². The molecule has 0 unspecified atom stereocenters. The zero-order chi connectivity index (χ0) is 33.3. The first kappa shape index (κ1) is 33.6. The van der Waals surface area contributed by atoms with Crippen molar-refractivity contribution >= 4 is 45.0 Å². The number of rotatable bonds is 8. The van der Waals surface area contributed by atoms with E-state index in [0.717, 1.165) is 45.9 Å². The maximum Gasteiger partial charge on any atom is 0.407 e. The fourth-order valence-electron chi connectivity index (χ4n) is 6.18. The molecule has 1 aliphatic rings. The number of aryl methyl sites for hydroxylation is 1. The van der Waals surface area contributed by atoms with Crippen LogP contribution in [0.4, 0.5) is 13.6 Å². The fraction of sp³-hybridized carbons (Fsp3) is 0.400. The maximum atomic E-state index is 14.8. The lowest BCUT2D eigenvalue weighted by molar-refractivity contribution is 0.0492. The van der Waals surface area contributed by atoms with Crippen LogP contribution in [0.1, 0.15) is 67.4 Å². The number of methoxy groups -OCH3 is 1. The molecule has 4 aromatic rings. The van der Waals surface area contributed by atoms with Gasteiger partial charge in [-0.05, 0) is 73.9 Å². The number of thiophene rings is 1. The second-order valence-electron chi connectivity index (χ2n) is 13.1. The highest BCUT2D eigenvalue weighted by Gasteiger charge is 2.36.